The Morgan fingerprint density at radius 2 is 1.97 bits per heavy atom. The van der Waals surface area contributed by atoms with E-state index < -0.39 is 22.1 Å². The number of carbonyl (C=O) groups is 2. The molecule has 7 rings (SSSR count). The summed E-state index contributed by atoms with van der Waals surface area (Å²) in [4.78, 5) is 28.8. The highest BCUT2D eigenvalue weighted by atomic mass is 16.5. The Bertz CT molecular complexity index is 1340. The Balaban J connectivity index is 1.42. The molecule has 4 atom stereocenters. The van der Waals surface area contributed by atoms with Crippen LogP contribution in [0.1, 0.15) is 58.1 Å². The fourth-order valence-corrected chi connectivity index (χ4v) is 7.59. The number of rotatable bonds is 0. The molecule has 4 heterocycles. The molecular weight excluding hydrogens is 430 g/mol. The van der Waals surface area contributed by atoms with Crippen molar-refractivity contribution >= 4 is 34.7 Å². The number of ketones is 1. The number of amides is 1. The van der Waals surface area contributed by atoms with Crippen molar-refractivity contribution in [2.75, 3.05) is 6.54 Å². The summed E-state index contributed by atoms with van der Waals surface area (Å²) in [6, 6.07) is 3.93. The van der Waals surface area contributed by atoms with Gasteiger partial charge in [-0.1, -0.05) is 12.2 Å². The van der Waals surface area contributed by atoms with Gasteiger partial charge in [-0.25, -0.2) is 0 Å². The molecule has 2 unspecified atom stereocenters. The largest absolute Gasteiger partial charge is 0.483 e. The molecule has 2 aliphatic carbocycles. The topological polar surface area (TPSA) is 95.9 Å². The number of benzene rings is 1. The van der Waals surface area contributed by atoms with Gasteiger partial charge in [0.1, 0.15) is 22.4 Å². The van der Waals surface area contributed by atoms with Crippen LogP contribution in [-0.4, -0.2) is 55.5 Å². The maximum atomic E-state index is 13.9. The van der Waals surface area contributed by atoms with Crippen LogP contribution < -0.4 is 10.5 Å². The fourth-order valence-electron chi connectivity index (χ4n) is 7.59. The van der Waals surface area contributed by atoms with Crippen LogP contribution in [0.4, 0.5) is 5.69 Å². The zero-order valence-corrected chi connectivity index (χ0v) is 20.0. The van der Waals surface area contributed by atoms with Crippen LogP contribution in [0.3, 0.4) is 0 Å². The lowest BCUT2D eigenvalue weighted by atomic mass is 9.60. The van der Waals surface area contributed by atoms with E-state index in [2.05, 4.69) is 19.9 Å². The molecule has 7 nitrogen and oxygen atoms in total. The standard InChI is InChI=1S/C27H30N3O4/c1-24(2)8-6-14-10-15-16-11-17-18(25(3,4)21(16)30(33)19(15)12-20(14)34-24)13-26(28)23(32)27(26)7-5-9-29(27)22(17)31/h6,8,10-12,17-18,33H,5,7,9,13,28H2,1-4H3/q+1/t17-,18?,26+,27?/m1/s1. The highest BCUT2D eigenvalue weighted by molar-refractivity contribution is 6.29. The van der Waals surface area contributed by atoms with Gasteiger partial charge in [0.2, 0.25) is 11.6 Å². The number of nitrogens with two attached hydrogens (primary N) is 1. The van der Waals surface area contributed by atoms with Crippen molar-refractivity contribution in [2.45, 2.75) is 63.6 Å². The second-order valence-corrected chi connectivity index (χ2v) is 12.0. The van der Waals surface area contributed by atoms with Gasteiger partial charge in [0.15, 0.2) is 5.78 Å². The average Bonchev–Trinajstić information content (AvgIpc) is 3.09. The lowest BCUT2D eigenvalue weighted by molar-refractivity contribution is -0.712. The van der Waals surface area contributed by atoms with Crippen molar-refractivity contribution in [1.29, 1.82) is 0 Å². The lowest BCUT2D eigenvalue weighted by Gasteiger charge is -2.39. The highest BCUT2D eigenvalue weighted by Gasteiger charge is 2.82. The first-order chi connectivity index (χ1) is 15.9. The molecule has 176 valence electrons. The molecule has 7 heteroatoms. The molecule has 0 radical (unpaired) electrons. The summed E-state index contributed by atoms with van der Waals surface area (Å²) < 4.78 is 7.41. The predicted octanol–water partition coefficient (Wildman–Crippen LogP) is 3.06. The first-order valence-corrected chi connectivity index (χ1v) is 12.2. The van der Waals surface area contributed by atoms with E-state index >= 15 is 0 Å². The van der Waals surface area contributed by atoms with E-state index in [0.29, 0.717) is 25.1 Å². The van der Waals surface area contributed by atoms with Gasteiger partial charge in [0.05, 0.1) is 28.5 Å². The molecule has 3 fully saturated rings. The zero-order chi connectivity index (χ0) is 24.0. The zero-order valence-electron chi connectivity index (χ0n) is 20.0. The Morgan fingerprint density at radius 1 is 1.21 bits per heavy atom. The fraction of sp³-hybridized carbons (Fsp3) is 0.519. The van der Waals surface area contributed by atoms with Gasteiger partial charge < -0.3 is 15.4 Å². The molecule has 6 aliphatic rings. The van der Waals surface area contributed by atoms with Crippen molar-refractivity contribution in [1.82, 2.24) is 4.90 Å². The minimum atomic E-state index is -0.989. The Kier molecular flexibility index (Phi) is 3.40. The van der Waals surface area contributed by atoms with E-state index in [9.17, 15) is 14.8 Å². The Hall–Kier alpha value is -2.93. The first kappa shape index (κ1) is 20.4. The van der Waals surface area contributed by atoms with Gasteiger partial charge in [-0.2, -0.15) is 0 Å². The maximum Gasteiger partial charge on any atom is 0.269 e. The minimum Gasteiger partial charge on any atom is -0.483 e. The average molecular weight is 461 g/mol. The normalized spacial score (nSPS) is 37.6. The van der Waals surface area contributed by atoms with Crippen molar-refractivity contribution in [2.24, 2.45) is 23.0 Å². The molecule has 3 N–H and O–H groups in total. The number of allylic oxidation sites excluding steroid dienone is 1. The van der Waals surface area contributed by atoms with E-state index in [-0.39, 0.29) is 23.5 Å². The summed E-state index contributed by atoms with van der Waals surface area (Å²) in [7, 11) is 0. The van der Waals surface area contributed by atoms with Gasteiger partial charge in [0.25, 0.3) is 5.69 Å². The van der Waals surface area contributed by atoms with Crippen LogP contribution in [0.2, 0.25) is 0 Å². The molecule has 1 saturated carbocycles. The third-order valence-electron chi connectivity index (χ3n) is 9.40. The molecule has 4 aliphatic heterocycles. The number of Topliss-reactive ketones (excluding diaryl/α,β-unsaturated/α-hetero) is 1. The molecule has 0 bridgehead atoms. The Morgan fingerprint density at radius 3 is 2.74 bits per heavy atom. The predicted molar refractivity (Wildman–Crippen MR) is 126 cm³/mol. The summed E-state index contributed by atoms with van der Waals surface area (Å²) in [6.45, 7) is 8.70. The molecule has 2 saturated heterocycles. The number of hydrogen-bond donors (Lipinski definition) is 2. The van der Waals surface area contributed by atoms with Crippen molar-refractivity contribution in [3.8, 4) is 5.75 Å². The summed E-state index contributed by atoms with van der Waals surface area (Å²) >= 11 is 0. The Labute approximate surface area is 198 Å². The molecular formula is C27H30N3O4+. The minimum absolute atomic E-state index is 0.00109. The molecule has 1 aromatic rings. The van der Waals surface area contributed by atoms with E-state index in [1.54, 1.807) is 4.90 Å². The van der Waals surface area contributed by atoms with Gasteiger partial charge in [-0.05, 0) is 65.0 Å². The third-order valence-corrected chi connectivity index (χ3v) is 9.40. The quantitative estimate of drug-likeness (QED) is 0.458. The molecule has 34 heavy (non-hydrogen) atoms. The van der Waals surface area contributed by atoms with E-state index in [1.165, 1.54) is 4.74 Å². The SMILES string of the molecule is CC1(C)C=Cc2cc3c(cc2O1)[N+](O)=C1C3=C[C@H]2C(=O)N3CCCC34C(=O)[C@@]4(N)CC2C1(C)C. The molecule has 0 aromatic heterocycles. The first-order valence-electron chi connectivity index (χ1n) is 12.2. The number of nitrogens with zero attached hydrogens (tertiary/aromatic N) is 2. The van der Waals surface area contributed by atoms with Crippen molar-refractivity contribution < 1.29 is 24.3 Å². The molecule has 1 spiro atoms. The van der Waals surface area contributed by atoms with E-state index in [4.69, 9.17) is 10.5 Å². The summed E-state index contributed by atoms with van der Waals surface area (Å²) in [5.41, 5.74) is 8.09. The number of fused-ring (bicyclic) bond motifs is 5. The monoisotopic (exact) mass is 460 g/mol. The maximum absolute atomic E-state index is 13.9. The van der Waals surface area contributed by atoms with Crippen LogP contribution >= 0.6 is 0 Å². The van der Waals surface area contributed by atoms with Crippen molar-refractivity contribution in [3.05, 3.63) is 35.4 Å². The van der Waals surface area contributed by atoms with Crippen molar-refractivity contribution in [3.63, 3.8) is 0 Å². The second-order valence-electron chi connectivity index (χ2n) is 12.0. The van der Waals surface area contributed by atoms with Crippen LogP contribution in [0.25, 0.3) is 11.6 Å². The van der Waals surface area contributed by atoms with Gasteiger partial charge >= 0.3 is 0 Å². The summed E-state index contributed by atoms with van der Waals surface area (Å²) in [5.74, 6) is 0.160. The van der Waals surface area contributed by atoms with Crippen LogP contribution in [0.5, 0.6) is 5.75 Å². The van der Waals surface area contributed by atoms with Gasteiger partial charge in [-0.3, -0.25) is 14.8 Å². The number of ether oxygens (including phenoxy) is 1. The third kappa shape index (κ3) is 2.07. The second kappa shape index (κ2) is 5.65. The van der Waals surface area contributed by atoms with Crippen LogP contribution in [0, 0.1) is 17.3 Å². The van der Waals surface area contributed by atoms with E-state index in [0.717, 1.165) is 34.6 Å². The summed E-state index contributed by atoms with van der Waals surface area (Å²) in [6.07, 6.45) is 8.02. The highest BCUT2D eigenvalue weighted by Crippen LogP contribution is 2.63. The number of hydrogen-bond acceptors (Lipinski definition) is 5. The van der Waals surface area contributed by atoms with Crippen LogP contribution in [-0.2, 0) is 9.59 Å². The van der Waals surface area contributed by atoms with Gasteiger partial charge in [-0.15, -0.1) is 0 Å². The lowest BCUT2D eigenvalue weighted by Crippen LogP contribution is -2.49. The smallest absolute Gasteiger partial charge is 0.269 e. The van der Waals surface area contributed by atoms with E-state index in [1.807, 2.05) is 38.1 Å². The molecule has 1 aromatic carbocycles. The van der Waals surface area contributed by atoms with Crippen LogP contribution in [0.15, 0.2) is 24.3 Å². The summed E-state index contributed by atoms with van der Waals surface area (Å²) in [5, 5.41) is 11.4. The number of carbonyl (C=O) groups excluding carboxylic acids is 2. The van der Waals surface area contributed by atoms with Gasteiger partial charge in [0, 0.05) is 16.8 Å². The molecule has 1 amide bonds.